The number of nitrogen functional groups attached to an aromatic ring is 1. The molecule has 2 heterocycles. The Labute approximate surface area is 106 Å². The summed E-state index contributed by atoms with van der Waals surface area (Å²) >= 11 is 0. The van der Waals surface area contributed by atoms with Crippen molar-refractivity contribution in [1.82, 2.24) is 10.1 Å². The highest BCUT2D eigenvalue weighted by Gasteiger charge is 2.25. The first-order valence-electron chi connectivity index (χ1n) is 6.51. The fraction of sp³-hybridized carbons (Fsp3) is 0.429. The van der Waals surface area contributed by atoms with Crippen LogP contribution in [-0.2, 0) is 0 Å². The number of anilines is 1. The molecule has 2 N–H and O–H groups in total. The van der Waals surface area contributed by atoms with E-state index in [9.17, 15) is 0 Å². The SMILES string of the molecule is Nc1noc(C2CCCCC2)c1-c1cccnc1. The van der Waals surface area contributed by atoms with E-state index in [1.54, 1.807) is 6.20 Å². The Bertz CT molecular complexity index is 515. The second kappa shape index (κ2) is 4.80. The summed E-state index contributed by atoms with van der Waals surface area (Å²) in [6.45, 7) is 0. The zero-order valence-corrected chi connectivity index (χ0v) is 10.3. The first-order chi connectivity index (χ1) is 8.86. The molecule has 4 nitrogen and oxygen atoms in total. The van der Waals surface area contributed by atoms with Crippen molar-refractivity contribution >= 4 is 5.82 Å². The van der Waals surface area contributed by atoms with Crippen LogP contribution in [0.25, 0.3) is 11.1 Å². The van der Waals surface area contributed by atoms with Crippen LogP contribution in [0.1, 0.15) is 43.8 Å². The number of pyridine rings is 1. The topological polar surface area (TPSA) is 64.9 Å². The van der Waals surface area contributed by atoms with Gasteiger partial charge < -0.3 is 10.3 Å². The summed E-state index contributed by atoms with van der Waals surface area (Å²) < 4.78 is 5.49. The first-order valence-corrected chi connectivity index (χ1v) is 6.51. The summed E-state index contributed by atoms with van der Waals surface area (Å²) in [6, 6.07) is 3.91. The fourth-order valence-corrected chi connectivity index (χ4v) is 2.76. The van der Waals surface area contributed by atoms with Crippen LogP contribution in [0.3, 0.4) is 0 Å². The molecular weight excluding hydrogens is 226 g/mol. The minimum Gasteiger partial charge on any atom is -0.380 e. The van der Waals surface area contributed by atoms with Crippen LogP contribution >= 0.6 is 0 Å². The number of aromatic nitrogens is 2. The number of hydrogen-bond donors (Lipinski definition) is 1. The molecule has 3 rings (SSSR count). The van der Waals surface area contributed by atoms with Crippen LogP contribution in [0.5, 0.6) is 0 Å². The summed E-state index contributed by atoms with van der Waals surface area (Å²) in [4.78, 5) is 4.14. The van der Waals surface area contributed by atoms with Gasteiger partial charge in [-0.2, -0.15) is 0 Å². The van der Waals surface area contributed by atoms with Gasteiger partial charge in [-0.15, -0.1) is 0 Å². The van der Waals surface area contributed by atoms with Crippen LogP contribution in [0.2, 0.25) is 0 Å². The van der Waals surface area contributed by atoms with Crippen LogP contribution in [0, 0.1) is 0 Å². The molecule has 1 fully saturated rings. The van der Waals surface area contributed by atoms with E-state index in [1.807, 2.05) is 18.3 Å². The Hall–Kier alpha value is -1.84. The molecule has 0 unspecified atom stereocenters. The third-order valence-electron chi connectivity index (χ3n) is 3.67. The Morgan fingerprint density at radius 3 is 2.78 bits per heavy atom. The maximum Gasteiger partial charge on any atom is 0.175 e. The fourth-order valence-electron chi connectivity index (χ4n) is 2.76. The molecule has 1 aliphatic rings. The van der Waals surface area contributed by atoms with E-state index in [2.05, 4.69) is 10.1 Å². The van der Waals surface area contributed by atoms with Crippen LogP contribution in [-0.4, -0.2) is 10.1 Å². The van der Waals surface area contributed by atoms with E-state index >= 15 is 0 Å². The predicted molar refractivity (Wildman–Crippen MR) is 70.0 cm³/mol. The summed E-state index contributed by atoms with van der Waals surface area (Å²) in [7, 11) is 0. The average molecular weight is 243 g/mol. The molecule has 0 aromatic carbocycles. The van der Waals surface area contributed by atoms with Crippen molar-refractivity contribution in [2.75, 3.05) is 5.73 Å². The Kier molecular flexibility index (Phi) is 3.00. The minimum absolute atomic E-state index is 0.457. The molecule has 0 radical (unpaired) electrons. The lowest BCUT2D eigenvalue weighted by molar-refractivity contribution is 0.323. The Balaban J connectivity index is 2.01. The van der Waals surface area contributed by atoms with E-state index in [0.29, 0.717) is 11.7 Å². The van der Waals surface area contributed by atoms with Crippen molar-refractivity contribution in [3.63, 3.8) is 0 Å². The molecule has 1 aliphatic carbocycles. The molecule has 0 atom stereocenters. The first kappa shape index (κ1) is 11.3. The van der Waals surface area contributed by atoms with Gasteiger partial charge in [0.05, 0.1) is 5.56 Å². The zero-order chi connectivity index (χ0) is 12.4. The normalized spacial score (nSPS) is 16.9. The van der Waals surface area contributed by atoms with Gasteiger partial charge in [-0.25, -0.2) is 0 Å². The van der Waals surface area contributed by atoms with Gasteiger partial charge in [-0.05, 0) is 18.9 Å². The maximum absolute atomic E-state index is 5.95. The van der Waals surface area contributed by atoms with E-state index in [-0.39, 0.29) is 0 Å². The van der Waals surface area contributed by atoms with E-state index in [0.717, 1.165) is 16.9 Å². The quantitative estimate of drug-likeness (QED) is 0.878. The average Bonchev–Trinajstić information content (AvgIpc) is 2.83. The number of nitrogens with zero attached hydrogens (tertiary/aromatic N) is 2. The summed E-state index contributed by atoms with van der Waals surface area (Å²) in [6.07, 6.45) is 9.75. The van der Waals surface area contributed by atoms with Gasteiger partial charge in [-0.3, -0.25) is 4.98 Å². The lowest BCUT2D eigenvalue weighted by atomic mass is 9.85. The monoisotopic (exact) mass is 243 g/mol. The third-order valence-corrected chi connectivity index (χ3v) is 3.67. The lowest BCUT2D eigenvalue weighted by Crippen LogP contribution is -2.05. The number of rotatable bonds is 2. The molecular formula is C14H17N3O. The highest BCUT2D eigenvalue weighted by molar-refractivity contribution is 5.75. The van der Waals surface area contributed by atoms with Crippen LogP contribution in [0.15, 0.2) is 29.0 Å². The van der Waals surface area contributed by atoms with Gasteiger partial charge in [0.1, 0.15) is 5.76 Å². The molecule has 2 aromatic rings. The Morgan fingerprint density at radius 2 is 2.06 bits per heavy atom. The largest absolute Gasteiger partial charge is 0.380 e. The zero-order valence-electron chi connectivity index (χ0n) is 10.3. The molecule has 0 amide bonds. The van der Waals surface area contributed by atoms with Gasteiger partial charge in [-0.1, -0.05) is 30.5 Å². The minimum atomic E-state index is 0.457. The van der Waals surface area contributed by atoms with Gasteiger partial charge in [0.2, 0.25) is 0 Å². The van der Waals surface area contributed by atoms with E-state index < -0.39 is 0 Å². The molecule has 0 aliphatic heterocycles. The van der Waals surface area contributed by atoms with Gasteiger partial charge in [0.15, 0.2) is 5.82 Å². The highest BCUT2D eigenvalue weighted by atomic mass is 16.5. The van der Waals surface area contributed by atoms with E-state index in [4.69, 9.17) is 10.3 Å². The maximum atomic E-state index is 5.95. The van der Waals surface area contributed by atoms with Crippen LogP contribution in [0.4, 0.5) is 5.82 Å². The van der Waals surface area contributed by atoms with Crippen LogP contribution < -0.4 is 5.73 Å². The van der Waals surface area contributed by atoms with Crippen molar-refractivity contribution < 1.29 is 4.52 Å². The number of nitrogens with two attached hydrogens (primary N) is 1. The molecule has 1 saturated carbocycles. The molecule has 4 heteroatoms. The smallest absolute Gasteiger partial charge is 0.175 e. The third kappa shape index (κ3) is 1.98. The second-order valence-electron chi connectivity index (χ2n) is 4.88. The van der Waals surface area contributed by atoms with Gasteiger partial charge >= 0.3 is 0 Å². The predicted octanol–water partition coefficient (Wildman–Crippen LogP) is 3.37. The van der Waals surface area contributed by atoms with Crippen molar-refractivity contribution in [3.05, 3.63) is 30.3 Å². The lowest BCUT2D eigenvalue weighted by Gasteiger charge is -2.19. The Morgan fingerprint density at radius 1 is 1.22 bits per heavy atom. The molecule has 94 valence electrons. The van der Waals surface area contributed by atoms with Crippen molar-refractivity contribution in [3.8, 4) is 11.1 Å². The second-order valence-corrected chi connectivity index (χ2v) is 4.88. The standard InChI is InChI=1S/C14H17N3O/c15-14-12(11-7-4-8-16-9-11)13(18-17-14)10-5-2-1-3-6-10/h4,7-10H,1-3,5-6H2,(H2,15,17). The van der Waals surface area contributed by atoms with Crippen molar-refractivity contribution in [1.29, 1.82) is 0 Å². The highest BCUT2D eigenvalue weighted by Crippen LogP contribution is 2.40. The molecule has 0 saturated heterocycles. The summed E-state index contributed by atoms with van der Waals surface area (Å²) in [5, 5.41) is 3.94. The summed E-state index contributed by atoms with van der Waals surface area (Å²) in [5.74, 6) is 1.88. The van der Waals surface area contributed by atoms with Gasteiger partial charge in [0, 0.05) is 23.9 Å². The molecule has 2 aromatic heterocycles. The van der Waals surface area contributed by atoms with E-state index in [1.165, 1.54) is 32.1 Å². The van der Waals surface area contributed by atoms with Crippen molar-refractivity contribution in [2.24, 2.45) is 0 Å². The summed E-state index contributed by atoms with van der Waals surface area (Å²) in [5.41, 5.74) is 7.88. The molecule has 0 bridgehead atoms. The van der Waals surface area contributed by atoms with Gasteiger partial charge in [0.25, 0.3) is 0 Å². The van der Waals surface area contributed by atoms with Crippen molar-refractivity contribution in [2.45, 2.75) is 38.0 Å². The number of hydrogen-bond acceptors (Lipinski definition) is 4. The molecule has 18 heavy (non-hydrogen) atoms. The molecule has 0 spiro atoms.